The van der Waals surface area contributed by atoms with Crippen molar-refractivity contribution in [3.63, 3.8) is 0 Å². The highest BCUT2D eigenvalue weighted by atomic mass is 16.6. The molecule has 1 aromatic carbocycles. The fourth-order valence-corrected chi connectivity index (χ4v) is 3.33. The van der Waals surface area contributed by atoms with E-state index in [1.807, 2.05) is 0 Å². The molecule has 0 radical (unpaired) electrons. The molecule has 0 unspecified atom stereocenters. The Morgan fingerprint density at radius 2 is 1.17 bits per heavy atom. The normalized spacial score (nSPS) is 10.7. The van der Waals surface area contributed by atoms with E-state index in [-0.39, 0.29) is 11.3 Å². The van der Waals surface area contributed by atoms with Crippen molar-refractivity contribution < 1.29 is 24.2 Å². The number of phenolic OH excluding ortho intramolecular Hbond substituents is 1. The summed E-state index contributed by atoms with van der Waals surface area (Å²) in [6.45, 7) is 2.24. The molecule has 0 aliphatic rings. The summed E-state index contributed by atoms with van der Waals surface area (Å²) in [5, 5.41) is 9.19. The van der Waals surface area contributed by atoms with Crippen LogP contribution in [0.25, 0.3) is 0 Å². The summed E-state index contributed by atoms with van der Waals surface area (Å²) in [6, 6.07) is 5.67. The van der Waals surface area contributed by atoms with E-state index in [0.29, 0.717) is 6.61 Å². The van der Waals surface area contributed by atoms with Crippen LogP contribution >= 0.6 is 0 Å². The van der Waals surface area contributed by atoms with Crippen molar-refractivity contribution in [2.24, 2.45) is 0 Å². The van der Waals surface area contributed by atoms with Crippen LogP contribution in [0.2, 0.25) is 0 Å². The molecule has 30 heavy (non-hydrogen) atoms. The highest BCUT2D eigenvalue weighted by Gasteiger charge is 2.10. The van der Waals surface area contributed by atoms with Gasteiger partial charge < -0.3 is 14.6 Å². The van der Waals surface area contributed by atoms with E-state index in [4.69, 9.17) is 9.47 Å². The highest BCUT2D eigenvalue weighted by Crippen LogP contribution is 2.13. The number of aromatic hydroxyl groups is 1. The van der Waals surface area contributed by atoms with Crippen LogP contribution in [0.4, 0.5) is 0 Å². The van der Waals surface area contributed by atoms with Crippen molar-refractivity contribution in [1.82, 2.24) is 0 Å². The van der Waals surface area contributed by atoms with Gasteiger partial charge in [-0.3, -0.25) is 0 Å². The summed E-state index contributed by atoms with van der Waals surface area (Å²) in [4.78, 5) is 23.4. The first-order valence-corrected chi connectivity index (χ1v) is 11.7. The summed E-state index contributed by atoms with van der Waals surface area (Å²) in [7, 11) is 0. The number of phenols is 1. The Labute approximate surface area is 182 Å². The van der Waals surface area contributed by atoms with Crippen molar-refractivity contribution in [3.05, 3.63) is 29.8 Å². The molecule has 1 aromatic rings. The first-order valence-electron chi connectivity index (χ1n) is 11.7. The smallest absolute Gasteiger partial charge is 0.344 e. The molecule has 5 heteroatoms. The number of carbonyl (C=O) groups is 2. The summed E-state index contributed by atoms with van der Waals surface area (Å²) in [5.41, 5.74) is 0.285. The minimum absolute atomic E-state index is 0.0686. The molecular formula is C25H40O5. The third-order valence-electron chi connectivity index (χ3n) is 5.19. The minimum atomic E-state index is -0.608. The van der Waals surface area contributed by atoms with Crippen LogP contribution in [0.15, 0.2) is 24.3 Å². The molecule has 5 nitrogen and oxygen atoms in total. The summed E-state index contributed by atoms with van der Waals surface area (Å²) < 4.78 is 10.0. The molecule has 0 atom stereocenters. The van der Waals surface area contributed by atoms with E-state index in [2.05, 4.69) is 6.92 Å². The first-order chi connectivity index (χ1) is 14.6. The molecule has 0 aromatic heterocycles. The maximum atomic E-state index is 11.8. The molecular weight excluding hydrogens is 380 g/mol. The predicted molar refractivity (Wildman–Crippen MR) is 120 cm³/mol. The molecule has 0 spiro atoms. The maximum Gasteiger partial charge on any atom is 0.344 e. The lowest BCUT2D eigenvalue weighted by Gasteiger charge is -2.06. The second-order valence-corrected chi connectivity index (χ2v) is 7.94. The number of benzene rings is 1. The highest BCUT2D eigenvalue weighted by molar-refractivity contribution is 5.90. The Morgan fingerprint density at radius 1 is 0.700 bits per heavy atom. The fourth-order valence-electron chi connectivity index (χ4n) is 3.33. The summed E-state index contributed by atoms with van der Waals surface area (Å²) >= 11 is 0. The zero-order valence-electron chi connectivity index (χ0n) is 18.7. The molecule has 170 valence electrons. The Morgan fingerprint density at radius 3 is 1.67 bits per heavy atom. The zero-order valence-corrected chi connectivity index (χ0v) is 18.7. The number of carbonyl (C=O) groups excluding carboxylic acids is 2. The first kappa shape index (κ1) is 26.0. The second kappa shape index (κ2) is 17.8. The van der Waals surface area contributed by atoms with Crippen molar-refractivity contribution in [2.45, 2.75) is 96.8 Å². The third-order valence-corrected chi connectivity index (χ3v) is 5.19. The Bertz CT molecular complexity index is 567. The Hall–Kier alpha value is -2.04. The van der Waals surface area contributed by atoms with Crippen LogP contribution in [0, 0.1) is 0 Å². The fraction of sp³-hybridized carbons (Fsp3) is 0.680. The zero-order chi connectivity index (χ0) is 21.9. The van der Waals surface area contributed by atoms with Crippen LogP contribution in [0.3, 0.4) is 0 Å². The number of rotatable bonds is 18. The van der Waals surface area contributed by atoms with E-state index in [9.17, 15) is 14.7 Å². The maximum absolute atomic E-state index is 11.8. The quantitative estimate of drug-likeness (QED) is 0.215. The van der Waals surface area contributed by atoms with Gasteiger partial charge in [0.05, 0.1) is 12.2 Å². The standard InChI is InChI=1S/C25H40O5/c1-2-3-4-5-6-7-8-9-10-11-12-13-14-15-20-29-24(27)21-30-25(28)22-16-18-23(26)19-17-22/h16-19,26H,2-15,20-21H2,1H3. The van der Waals surface area contributed by atoms with Gasteiger partial charge in [-0.1, -0.05) is 90.4 Å². The summed E-state index contributed by atoms with van der Waals surface area (Å²) in [5.74, 6) is -1.07. The molecule has 1 N–H and O–H groups in total. The van der Waals surface area contributed by atoms with Gasteiger partial charge >= 0.3 is 11.9 Å². The molecule has 0 saturated heterocycles. The van der Waals surface area contributed by atoms with Gasteiger partial charge in [-0.05, 0) is 30.7 Å². The predicted octanol–water partition coefficient (Wildman–Crippen LogP) is 6.57. The van der Waals surface area contributed by atoms with Gasteiger partial charge in [0.15, 0.2) is 6.61 Å². The number of ether oxygens (including phenoxy) is 2. The van der Waals surface area contributed by atoms with Crippen LogP contribution in [0.5, 0.6) is 5.75 Å². The number of unbranched alkanes of at least 4 members (excludes halogenated alkanes) is 13. The lowest BCUT2D eigenvalue weighted by molar-refractivity contribution is -0.147. The van der Waals surface area contributed by atoms with E-state index in [1.54, 1.807) is 0 Å². The monoisotopic (exact) mass is 420 g/mol. The van der Waals surface area contributed by atoms with Gasteiger partial charge in [0, 0.05) is 0 Å². The molecule has 1 rings (SSSR count). The second-order valence-electron chi connectivity index (χ2n) is 7.94. The largest absolute Gasteiger partial charge is 0.508 e. The van der Waals surface area contributed by atoms with Gasteiger partial charge in [0.2, 0.25) is 0 Å². The molecule has 0 amide bonds. The van der Waals surface area contributed by atoms with Gasteiger partial charge in [-0.15, -0.1) is 0 Å². The third kappa shape index (κ3) is 14.0. The van der Waals surface area contributed by atoms with Gasteiger partial charge in [-0.25, -0.2) is 9.59 Å². The average Bonchev–Trinajstić information content (AvgIpc) is 2.75. The number of esters is 2. The van der Waals surface area contributed by atoms with Gasteiger partial charge in [-0.2, -0.15) is 0 Å². The Kier molecular flexibility index (Phi) is 15.4. The van der Waals surface area contributed by atoms with E-state index in [0.717, 1.165) is 12.8 Å². The molecule has 0 bridgehead atoms. The average molecular weight is 421 g/mol. The van der Waals surface area contributed by atoms with Crippen LogP contribution in [-0.2, 0) is 14.3 Å². The van der Waals surface area contributed by atoms with Crippen LogP contribution in [-0.4, -0.2) is 30.3 Å². The topological polar surface area (TPSA) is 72.8 Å². The minimum Gasteiger partial charge on any atom is -0.508 e. The van der Waals surface area contributed by atoms with Crippen LogP contribution < -0.4 is 0 Å². The van der Waals surface area contributed by atoms with E-state index in [1.165, 1.54) is 101 Å². The van der Waals surface area contributed by atoms with Crippen molar-refractivity contribution in [1.29, 1.82) is 0 Å². The molecule has 0 aliphatic carbocycles. The summed E-state index contributed by atoms with van der Waals surface area (Å²) in [6.07, 6.45) is 18.0. The van der Waals surface area contributed by atoms with Crippen LogP contribution in [0.1, 0.15) is 107 Å². The van der Waals surface area contributed by atoms with Crippen molar-refractivity contribution in [2.75, 3.05) is 13.2 Å². The van der Waals surface area contributed by atoms with Gasteiger partial charge in [0.25, 0.3) is 0 Å². The van der Waals surface area contributed by atoms with Gasteiger partial charge in [0.1, 0.15) is 5.75 Å². The SMILES string of the molecule is CCCCCCCCCCCCCCCCOC(=O)COC(=O)c1ccc(O)cc1. The lowest BCUT2D eigenvalue weighted by atomic mass is 10.0. The van der Waals surface area contributed by atoms with Crippen molar-refractivity contribution >= 4 is 11.9 Å². The Balaban J connectivity index is 1.86. The lowest BCUT2D eigenvalue weighted by Crippen LogP contribution is -2.17. The van der Waals surface area contributed by atoms with Crippen molar-refractivity contribution in [3.8, 4) is 5.75 Å². The number of hydrogen-bond acceptors (Lipinski definition) is 5. The molecule has 0 fully saturated rings. The van der Waals surface area contributed by atoms with E-state index >= 15 is 0 Å². The number of hydrogen-bond donors (Lipinski definition) is 1. The molecule has 0 heterocycles. The molecule has 0 aliphatic heterocycles. The van der Waals surface area contributed by atoms with E-state index < -0.39 is 18.5 Å². The molecule has 0 saturated carbocycles.